The topological polar surface area (TPSA) is 24.1 Å². The van der Waals surface area contributed by atoms with Crippen LogP contribution in [-0.2, 0) is 12.7 Å². The highest BCUT2D eigenvalue weighted by atomic mass is 19.4. The number of hydrogen-bond acceptors (Lipinski definition) is 2. The van der Waals surface area contributed by atoms with Crippen LogP contribution in [0.3, 0.4) is 0 Å². The van der Waals surface area contributed by atoms with Gasteiger partial charge in [-0.1, -0.05) is 76.1 Å². The van der Waals surface area contributed by atoms with Gasteiger partial charge in [0.25, 0.3) is 0 Å². The lowest BCUT2D eigenvalue weighted by molar-refractivity contribution is -0.138. The molecule has 1 fully saturated rings. The van der Waals surface area contributed by atoms with E-state index in [1.165, 1.54) is 37.8 Å². The molecule has 0 saturated heterocycles. The van der Waals surface area contributed by atoms with Crippen LogP contribution >= 0.6 is 0 Å². The molecule has 1 aliphatic carbocycles. The maximum atomic E-state index is 12.3. The van der Waals surface area contributed by atoms with E-state index in [4.69, 9.17) is 0 Å². The summed E-state index contributed by atoms with van der Waals surface area (Å²) in [6, 6.07) is 6.19. The molecule has 1 atom stereocenters. The van der Waals surface area contributed by atoms with E-state index in [0.717, 1.165) is 6.07 Å². The molecule has 33 heavy (non-hydrogen) atoms. The molecular formula is C28H47F3N2. The van der Waals surface area contributed by atoms with Crippen molar-refractivity contribution >= 4 is 0 Å². The van der Waals surface area contributed by atoms with Crippen molar-refractivity contribution in [2.45, 2.75) is 92.9 Å². The van der Waals surface area contributed by atoms with Crippen LogP contribution in [0.4, 0.5) is 13.2 Å². The van der Waals surface area contributed by atoms with Crippen LogP contribution in [0, 0.1) is 11.8 Å². The second-order valence-electron chi connectivity index (χ2n) is 6.54. The highest BCUT2D eigenvalue weighted by Gasteiger charge is 2.32. The molecule has 1 aromatic rings. The van der Waals surface area contributed by atoms with Gasteiger partial charge < -0.3 is 10.6 Å². The number of allylic oxidation sites excluding steroid dienone is 3. The normalized spacial score (nSPS) is 15.8. The largest absolute Gasteiger partial charge is 0.416 e. The predicted octanol–water partition coefficient (Wildman–Crippen LogP) is 8.16. The average molecular weight is 469 g/mol. The molecule has 0 aliphatic heterocycles. The first kappa shape index (κ1) is 35.6. The highest BCUT2D eigenvalue weighted by Crippen LogP contribution is 2.31. The molecule has 0 spiro atoms. The van der Waals surface area contributed by atoms with E-state index in [1.54, 1.807) is 18.7 Å². The van der Waals surface area contributed by atoms with Crippen molar-refractivity contribution in [1.82, 2.24) is 10.6 Å². The average Bonchev–Trinajstić information content (AvgIpc) is 2.86. The van der Waals surface area contributed by atoms with Gasteiger partial charge in [-0.05, 0) is 65.8 Å². The van der Waals surface area contributed by atoms with E-state index in [2.05, 4.69) is 54.7 Å². The van der Waals surface area contributed by atoms with E-state index in [-0.39, 0.29) is 12.1 Å². The summed E-state index contributed by atoms with van der Waals surface area (Å²) in [5, 5.41) is 6.06. The zero-order chi connectivity index (χ0) is 26.1. The van der Waals surface area contributed by atoms with Crippen molar-refractivity contribution in [2.24, 2.45) is 0 Å². The van der Waals surface area contributed by atoms with Crippen LogP contribution in [0.1, 0.15) is 85.3 Å². The van der Waals surface area contributed by atoms with Gasteiger partial charge in [0.15, 0.2) is 0 Å². The molecular weight excluding hydrogens is 421 g/mol. The van der Waals surface area contributed by atoms with Crippen molar-refractivity contribution < 1.29 is 13.2 Å². The Morgan fingerprint density at radius 3 is 2.03 bits per heavy atom. The lowest BCUT2D eigenvalue weighted by Crippen LogP contribution is -2.29. The Bertz CT molecular complexity index is 674. The van der Waals surface area contributed by atoms with Gasteiger partial charge in [-0.2, -0.15) is 13.2 Å². The summed E-state index contributed by atoms with van der Waals surface area (Å²) in [6.45, 7) is 13.9. The van der Waals surface area contributed by atoms with E-state index in [9.17, 15) is 13.2 Å². The molecule has 0 radical (unpaired) electrons. The maximum Gasteiger partial charge on any atom is 0.416 e. The molecule has 1 aliphatic rings. The molecule has 2 N–H and O–H groups in total. The monoisotopic (exact) mass is 468 g/mol. The molecule has 5 heteroatoms. The Kier molecular flexibility index (Phi) is 26.5. The van der Waals surface area contributed by atoms with Gasteiger partial charge in [0.05, 0.1) is 5.56 Å². The van der Waals surface area contributed by atoms with Gasteiger partial charge in [0, 0.05) is 12.6 Å². The van der Waals surface area contributed by atoms with E-state index in [0.29, 0.717) is 6.04 Å². The highest BCUT2D eigenvalue weighted by molar-refractivity contribution is 5.29. The van der Waals surface area contributed by atoms with Gasteiger partial charge in [0.1, 0.15) is 0 Å². The minimum Gasteiger partial charge on any atom is -0.316 e. The number of alkyl halides is 3. The standard InChI is InChI=1S/C11H19N.C9H10F3N.C4H6.2C2H6/c1-3-4-7-10-8-5-6-9-11(10)12-2;1-13-6-7-4-2-3-5-8(7)9(10,11)12;1-3-4-2;2*1-2/h3-4,7,11-12H,5-6,8-9H2,1-2H3;2-5,13H,6H2,1H3;1-2H3;2*1-2H3/b4-3-,10-7+;;;;. The summed E-state index contributed by atoms with van der Waals surface area (Å²) in [4.78, 5) is 0. The van der Waals surface area contributed by atoms with Crippen LogP contribution in [0.15, 0.2) is 48.1 Å². The molecule has 1 aromatic carbocycles. The third-order valence-corrected chi connectivity index (χ3v) is 4.45. The molecule has 0 bridgehead atoms. The number of nitrogens with one attached hydrogen (secondary N) is 2. The summed E-state index contributed by atoms with van der Waals surface area (Å²) < 4.78 is 37.0. The zero-order valence-electron chi connectivity index (χ0n) is 22.3. The summed E-state index contributed by atoms with van der Waals surface area (Å²) in [5.74, 6) is 5.36. The molecule has 0 amide bonds. The second-order valence-corrected chi connectivity index (χ2v) is 6.54. The third kappa shape index (κ3) is 18.1. The zero-order valence-corrected chi connectivity index (χ0v) is 22.3. The van der Waals surface area contributed by atoms with Crippen molar-refractivity contribution in [2.75, 3.05) is 14.1 Å². The van der Waals surface area contributed by atoms with E-state index < -0.39 is 11.7 Å². The van der Waals surface area contributed by atoms with E-state index in [1.807, 2.05) is 41.5 Å². The Balaban J connectivity index is -0.000000417. The van der Waals surface area contributed by atoms with Gasteiger partial charge in [-0.25, -0.2) is 0 Å². The molecule has 2 nitrogen and oxygen atoms in total. The number of likely N-dealkylation sites (N-methyl/N-ethyl adjacent to an activating group) is 1. The molecule has 1 saturated carbocycles. The van der Waals surface area contributed by atoms with Crippen LogP contribution in [0.25, 0.3) is 0 Å². The lowest BCUT2D eigenvalue weighted by atomic mass is 9.90. The van der Waals surface area contributed by atoms with Gasteiger partial charge in [0.2, 0.25) is 0 Å². The van der Waals surface area contributed by atoms with Gasteiger partial charge in [-0.3, -0.25) is 0 Å². The third-order valence-electron chi connectivity index (χ3n) is 4.45. The van der Waals surface area contributed by atoms with Gasteiger partial charge in [-0.15, -0.1) is 11.8 Å². The van der Waals surface area contributed by atoms with Crippen LogP contribution in [0.5, 0.6) is 0 Å². The maximum absolute atomic E-state index is 12.3. The first-order valence-electron chi connectivity index (χ1n) is 12.0. The minimum absolute atomic E-state index is 0.232. The number of halogens is 3. The van der Waals surface area contributed by atoms with Crippen molar-refractivity contribution in [3.63, 3.8) is 0 Å². The Hall–Kier alpha value is -2.03. The summed E-state index contributed by atoms with van der Waals surface area (Å²) in [6.07, 6.45) is 7.56. The summed E-state index contributed by atoms with van der Waals surface area (Å²) in [7, 11) is 3.67. The predicted molar refractivity (Wildman–Crippen MR) is 140 cm³/mol. The van der Waals surface area contributed by atoms with Crippen LogP contribution in [0.2, 0.25) is 0 Å². The van der Waals surface area contributed by atoms with E-state index >= 15 is 0 Å². The Morgan fingerprint density at radius 2 is 1.58 bits per heavy atom. The van der Waals surface area contributed by atoms with Gasteiger partial charge >= 0.3 is 6.18 Å². The number of rotatable bonds is 4. The molecule has 0 heterocycles. The first-order chi connectivity index (χ1) is 15.8. The van der Waals surface area contributed by atoms with Crippen molar-refractivity contribution in [3.8, 4) is 11.8 Å². The fourth-order valence-corrected chi connectivity index (χ4v) is 2.93. The quantitative estimate of drug-likeness (QED) is 0.436. The molecule has 0 aromatic heterocycles. The molecule has 190 valence electrons. The number of hydrogen-bond donors (Lipinski definition) is 2. The second kappa shape index (κ2) is 24.6. The number of benzene rings is 1. The van der Waals surface area contributed by atoms with Crippen molar-refractivity contribution in [1.29, 1.82) is 0 Å². The Labute approximate surface area is 202 Å². The summed E-state index contributed by atoms with van der Waals surface area (Å²) in [5.41, 5.74) is 1.28. The van der Waals surface area contributed by atoms with Crippen LogP contribution in [-0.4, -0.2) is 20.1 Å². The fourth-order valence-electron chi connectivity index (χ4n) is 2.93. The summed E-state index contributed by atoms with van der Waals surface area (Å²) >= 11 is 0. The lowest BCUT2D eigenvalue weighted by Gasteiger charge is -2.24. The molecule has 1 unspecified atom stereocenters. The SMILES string of the molecule is C/C=C\C=C1/CCCCC1NC.CC.CC.CC#CC.CNCc1ccccc1C(F)(F)F. The minimum atomic E-state index is -4.26. The fraction of sp³-hybridized carbons (Fsp3) is 0.571. The first-order valence-corrected chi connectivity index (χ1v) is 12.0. The van der Waals surface area contributed by atoms with Crippen LogP contribution < -0.4 is 10.6 Å². The van der Waals surface area contributed by atoms with Crippen molar-refractivity contribution in [3.05, 3.63) is 59.2 Å². The molecule has 2 rings (SSSR count). The Morgan fingerprint density at radius 1 is 1.00 bits per heavy atom. The smallest absolute Gasteiger partial charge is 0.316 e.